The van der Waals surface area contributed by atoms with Gasteiger partial charge in [0.25, 0.3) is 0 Å². The lowest BCUT2D eigenvalue weighted by Crippen LogP contribution is -2.17. The number of carbonyl (C=O) groups is 1. The Bertz CT molecular complexity index is 715. The van der Waals surface area contributed by atoms with Crippen molar-refractivity contribution < 1.29 is 9.90 Å². The van der Waals surface area contributed by atoms with Crippen molar-refractivity contribution in [2.75, 3.05) is 5.32 Å². The second-order valence-electron chi connectivity index (χ2n) is 5.14. The van der Waals surface area contributed by atoms with Gasteiger partial charge in [-0.2, -0.15) is 0 Å². The number of hydrogen-bond donors (Lipinski definition) is 2. The molecule has 21 heavy (non-hydrogen) atoms. The summed E-state index contributed by atoms with van der Waals surface area (Å²) >= 11 is 12.0. The number of anilines is 1. The van der Waals surface area contributed by atoms with Crippen LogP contribution in [0.4, 0.5) is 5.82 Å². The molecule has 1 aromatic heterocycles. The quantitative estimate of drug-likeness (QED) is 0.892. The van der Waals surface area contributed by atoms with Gasteiger partial charge < -0.3 is 10.4 Å². The number of fused-ring (bicyclic) bond motifs is 1. The van der Waals surface area contributed by atoms with Crippen LogP contribution in [0, 0.1) is 0 Å². The molecule has 3 rings (SSSR count). The molecule has 0 radical (unpaired) electrons. The van der Waals surface area contributed by atoms with Crippen molar-refractivity contribution in [3.63, 3.8) is 0 Å². The van der Waals surface area contributed by atoms with Gasteiger partial charge in [0, 0.05) is 16.8 Å². The van der Waals surface area contributed by atoms with E-state index in [0.717, 1.165) is 12.8 Å². The molecule has 7 heteroatoms. The van der Waals surface area contributed by atoms with Gasteiger partial charge in [-0.1, -0.05) is 36.0 Å². The van der Waals surface area contributed by atoms with Crippen LogP contribution in [0.1, 0.15) is 36.2 Å². The second kappa shape index (κ2) is 5.66. The summed E-state index contributed by atoms with van der Waals surface area (Å²) in [5.74, 6) is -0.584. The third-order valence-corrected chi connectivity index (χ3v) is 4.44. The largest absolute Gasteiger partial charge is 0.476 e. The summed E-state index contributed by atoms with van der Waals surface area (Å²) in [7, 11) is 0. The molecular weight excluding hydrogens is 313 g/mol. The van der Waals surface area contributed by atoms with Crippen LogP contribution >= 0.6 is 23.2 Å². The summed E-state index contributed by atoms with van der Waals surface area (Å²) in [5.41, 5.74) is -0.125. The Balaban J connectivity index is 2.14. The van der Waals surface area contributed by atoms with Crippen LogP contribution < -0.4 is 5.32 Å². The van der Waals surface area contributed by atoms with E-state index in [4.69, 9.17) is 23.2 Å². The Morgan fingerprint density at radius 2 is 1.76 bits per heavy atom. The van der Waals surface area contributed by atoms with E-state index in [1.807, 2.05) is 0 Å². The second-order valence-corrected chi connectivity index (χ2v) is 5.95. The molecule has 1 aromatic carbocycles. The Morgan fingerprint density at radius 3 is 2.38 bits per heavy atom. The molecule has 0 amide bonds. The van der Waals surface area contributed by atoms with E-state index < -0.39 is 5.97 Å². The van der Waals surface area contributed by atoms with E-state index in [1.165, 1.54) is 18.9 Å². The van der Waals surface area contributed by atoms with E-state index >= 15 is 0 Å². The summed E-state index contributed by atoms with van der Waals surface area (Å²) in [6.07, 6.45) is 4.52. The Morgan fingerprint density at radius 1 is 1.14 bits per heavy atom. The molecule has 0 spiro atoms. The Labute approximate surface area is 131 Å². The molecule has 0 bridgehead atoms. The van der Waals surface area contributed by atoms with Gasteiger partial charge >= 0.3 is 5.97 Å². The normalized spacial score (nSPS) is 15.5. The van der Waals surface area contributed by atoms with Crippen LogP contribution in [0.25, 0.3) is 10.8 Å². The number of nitrogens with one attached hydrogen (secondary N) is 1. The van der Waals surface area contributed by atoms with Gasteiger partial charge in [0.15, 0.2) is 11.5 Å². The van der Waals surface area contributed by atoms with Crippen molar-refractivity contribution in [1.29, 1.82) is 0 Å². The topological polar surface area (TPSA) is 75.1 Å². The van der Waals surface area contributed by atoms with E-state index in [1.54, 1.807) is 6.07 Å². The smallest absolute Gasteiger partial charge is 0.357 e. The van der Waals surface area contributed by atoms with Gasteiger partial charge in [-0.25, -0.2) is 4.79 Å². The third kappa shape index (κ3) is 2.76. The van der Waals surface area contributed by atoms with Gasteiger partial charge in [0.2, 0.25) is 0 Å². The molecule has 1 saturated carbocycles. The fraction of sp³-hybridized carbons (Fsp3) is 0.357. The average Bonchev–Trinajstić information content (AvgIpc) is 2.93. The molecule has 0 atom stereocenters. The molecule has 1 aliphatic rings. The van der Waals surface area contributed by atoms with Gasteiger partial charge in [-0.15, -0.1) is 10.2 Å². The van der Waals surface area contributed by atoms with Gasteiger partial charge in [-0.3, -0.25) is 0 Å². The van der Waals surface area contributed by atoms with Crippen LogP contribution in [0.5, 0.6) is 0 Å². The summed E-state index contributed by atoms with van der Waals surface area (Å²) in [4.78, 5) is 11.3. The van der Waals surface area contributed by atoms with Gasteiger partial charge in [-0.05, 0) is 25.0 Å². The number of halogens is 2. The lowest BCUT2D eigenvalue weighted by Gasteiger charge is -2.15. The summed E-state index contributed by atoms with van der Waals surface area (Å²) in [6, 6.07) is 3.50. The van der Waals surface area contributed by atoms with Crippen molar-refractivity contribution in [2.45, 2.75) is 31.7 Å². The first-order valence-electron chi connectivity index (χ1n) is 6.71. The summed E-state index contributed by atoms with van der Waals surface area (Å²) in [6.45, 7) is 0. The highest BCUT2D eigenvalue weighted by molar-refractivity contribution is 6.43. The van der Waals surface area contributed by atoms with Crippen molar-refractivity contribution in [1.82, 2.24) is 10.2 Å². The maximum atomic E-state index is 11.3. The highest BCUT2D eigenvalue weighted by Crippen LogP contribution is 2.33. The molecule has 5 nitrogen and oxygen atoms in total. The van der Waals surface area contributed by atoms with E-state index in [2.05, 4.69) is 15.5 Å². The monoisotopic (exact) mass is 325 g/mol. The van der Waals surface area contributed by atoms with Crippen LogP contribution in [0.3, 0.4) is 0 Å². The fourth-order valence-corrected chi connectivity index (χ4v) is 3.00. The zero-order chi connectivity index (χ0) is 15.0. The van der Waals surface area contributed by atoms with Crippen LogP contribution in [0.2, 0.25) is 10.0 Å². The first-order chi connectivity index (χ1) is 10.1. The zero-order valence-corrected chi connectivity index (χ0v) is 12.6. The number of hydrogen-bond acceptors (Lipinski definition) is 4. The number of carboxylic acid groups (broad SMARTS) is 1. The average molecular weight is 326 g/mol. The van der Waals surface area contributed by atoms with Crippen molar-refractivity contribution in [2.24, 2.45) is 0 Å². The number of carboxylic acids is 1. The minimum atomic E-state index is -1.14. The van der Waals surface area contributed by atoms with Crippen LogP contribution in [-0.2, 0) is 0 Å². The Hall–Kier alpha value is -1.59. The summed E-state index contributed by atoms with van der Waals surface area (Å²) < 4.78 is 0. The fourth-order valence-electron chi connectivity index (χ4n) is 2.67. The van der Waals surface area contributed by atoms with Gasteiger partial charge in [0.05, 0.1) is 10.0 Å². The maximum Gasteiger partial charge on any atom is 0.357 e. The highest BCUT2D eigenvalue weighted by atomic mass is 35.5. The van der Waals surface area contributed by atoms with Crippen LogP contribution in [-0.4, -0.2) is 27.3 Å². The molecule has 0 aliphatic heterocycles. The molecule has 2 N–H and O–H groups in total. The zero-order valence-electron chi connectivity index (χ0n) is 11.1. The predicted octanol–water partition coefficient (Wildman–Crippen LogP) is 3.99. The standard InChI is InChI=1S/C14H13Cl2N3O2/c15-10-5-8-9(6-11(10)16)13(17-7-3-1-2-4-7)19-18-12(8)14(20)21/h5-7H,1-4H2,(H,17,19)(H,20,21). The number of nitrogens with zero attached hydrogens (tertiary/aromatic N) is 2. The number of aromatic nitrogens is 2. The van der Waals surface area contributed by atoms with Crippen molar-refractivity contribution in [3.05, 3.63) is 27.9 Å². The van der Waals surface area contributed by atoms with Crippen molar-refractivity contribution >= 4 is 45.8 Å². The number of benzene rings is 1. The molecule has 1 aliphatic carbocycles. The first kappa shape index (κ1) is 14.4. The molecule has 0 unspecified atom stereocenters. The van der Waals surface area contributed by atoms with Crippen molar-refractivity contribution in [3.8, 4) is 0 Å². The third-order valence-electron chi connectivity index (χ3n) is 3.72. The first-order valence-corrected chi connectivity index (χ1v) is 7.47. The molecule has 1 heterocycles. The number of aromatic carboxylic acids is 1. The maximum absolute atomic E-state index is 11.3. The number of rotatable bonds is 3. The summed E-state index contributed by atoms with van der Waals surface area (Å²) in [5, 5.41) is 22.1. The molecule has 1 fully saturated rings. The molecular formula is C14H13Cl2N3O2. The Kier molecular flexibility index (Phi) is 3.87. The lowest BCUT2D eigenvalue weighted by atomic mass is 10.1. The lowest BCUT2D eigenvalue weighted by molar-refractivity contribution is 0.0691. The molecule has 110 valence electrons. The minimum Gasteiger partial charge on any atom is -0.476 e. The van der Waals surface area contributed by atoms with E-state index in [-0.39, 0.29) is 5.69 Å². The van der Waals surface area contributed by atoms with E-state index in [0.29, 0.717) is 32.7 Å². The van der Waals surface area contributed by atoms with E-state index in [9.17, 15) is 9.90 Å². The predicted molar refractivity (Wildman–Crippen MR) is 82.4 cm³/mol. The van der Waals surface area contributed by atoms with Crippen LogP contribution in [0.15, 0.2) is 12.1 Å². The minimum absolute atomic E-state index is 0.125. The molecule has 2 aromatic rings. The highest BCUT2D eigenvalue weighted by Gasteiger charge is 2.20. The molecule has 0 saturated heterocycles. The van der Waals surface area contributed by atoms with Gasteiger partial charge in [0.1, 0.15) is 0 Å². The SMILES string of the molecule is O=C(O)c1nnc(NC2CCCC2)c2cc(Cl)c(Cl)cc12.